The van der Waals surface area contributed by atoms with Gasteiger partial charge in [0.05, 0.1) is 19.3 Å². The lowest BCUT2D eigenvalue weighted by atomic mass is 10.2. The number of benzene rings is 1. The Kier molecular flexibility index (Phi) is 5.12. The average molecular weight is 435 g/mol. The van der Waals surface area contributed by atoms with E-state index in [-0.39, 0.29) is 11.7 Å². The zero-order chi connectivity index (χ0) is 22.2. The SMILES string of the molecule is COc1ccccc1Cn1cnc(C(=O)N[C@H]2CCn3nc(C4CC4)cc3N(C)C2=O)n1. The minimum absolute atomic E-state index is 0.0216. The van der Waals surface area contributed by atoms with Crippen LogP contribution in [0.2, 0.25) is 0 Å². The second-order valence-corrected chi connectivity index (χ2v) is 8.21. The van der Waals surface area contributed by atoms with Crippen molar-refractivity contribution in [3.63, 3.8) is 0 Å². The third-order valence-corrected chi connectivity index (χ3v) is 5.94. The van der Waals surface area contributed by atoms with Crippen molar-refractivity contribution in [1.82, 2.24) is 29.9 Å². The van der Waals surface area contributed by atoms with Crippen LogP contribution >= 0.6 is 0 Å². The highest BCUT2D eigenvalue weighted by Gasteiger charge is 2.34. The number of para-hydroxylation sites is 1. The first-order chi connectivity index (χ1) is 15.5. The van der Waals surface area contributed by atoms with Gasteiger partial charge in [-0.15, -0.1) is 5.10 Å². The van der Waals surface area contributed by atoms with Gasteiger partial charge in [0.1, 0.15) is 23.9 Å². The van der Waals surface area contributed by atoms with Crippen molar-refractivity contribution in [1.29, 1.82) is 0 Å². The van der Waals surface area contributed by atoms with Gasteiger partial charge in [0.15, 0.2) is 0 Å². The Morgan fingerprint density at radius 2 is 2.03 bits per heavy atom. The molecule has 1 saturated carbocycles. The van der Waals surface area contributed by atoms with Crippen LogP contribution in [0.25, 0.3) is 0 Å². The molecule has 1 aromatic carbocycles. The summed E-state index contributed by atoms with van der Waals surface area (Å²) in [4.78, 5) is 31.5. The third kappa shape index (κ3) is 3.83. The Balaban J connectivity index is 1.26. The van der Waals surface area contributed by atoms with Crippen LogP contribution in [0.15, 0.2) is 36.7 Å². The Bertz CT molecular complexity index is 1160. The highest BCUT2D eigenvalue weighted by atomic mass is 16.5. The maximum Gasteiger partial charge on any atom is 0.291 e. The number of aryl methyl sites for hydroxylation is 1. The number of hydrogen-bond acceptors (Lipinski definition) is 6. The van der Waals surface area contributed by atoms with Crippen molar-refractivity contribution in [2.75, 3.05) is 19.1 Å². The number of likely N-dealkylation sites (N-methyl/N-ethyl adjacent to an activating group) is 1. The van der Waals surface area contributed by atoms with E-state index in [2.05, 4.69) is 20.5 Å². The summed E-state index contributed by atoms with van der Waals surface area (Å²) in [5.74, 6) is 1.40. The smallest absolute Gasteiger partial charge is 0.291 e. The van der Waals surface area contributed by atoms with E-state index in [1.165, 1.54) is 6.33 Å². The zero-order valence-electron chi connectivity index (χ0n) is 18.1. The zero-order valence-corrected chi connectivity index (χ0v) is 18.1. The van der Waals surface area contributed by atoms with E-state index in [0.29, 0.717) is 25.4 Å². The lowest BCUT2D eigenvalue weighted by Crippen LogP contribution is -2.47. The highest BCUT2D eigenvalue weighted by molar-refractivity contribution is 6.00. The molecule has 3 aromatic rings. The van der Waals surface area contributed by atoms with E-state index < -0.39 is 11.9 Å². The number of aromatic nitrogens is 5. The number of carbonyl (C=O) groups excluding carboxylic acids is 2. The van der Waals surface area contributed by atoms with Gasteiger partial charge < -0.3 is 10.1 Å². The van der Waals surface area contributed by atoms with Crippen LogP contribution in [0.1, 0.15) is 47.1 Å². The number of methoxy groups -OCH3 is 1. The molecule has 5 rings (SSSR count). The molecule has 2 aliphatic rings. The monoisotopic (exact) mass is 435 g/mol. The largest absolute Gasteiger partial charge is 0.496 e. The molecule has 2 amide bonds. The summed E-state index contributed by atoms with van der Waals surface area (Å²) in [6, 6.07) is 8.92. The molecule has 32 heavy (non-hydrogen) atoms. The van der Waals surface area contributed by atoms with E-state index in [0.717, 1.165) is 35.7 Å². The van der Waals surface area contributed by atoms with Gasteiger partial charge in [0.25, 0.3) is 11.8 Å². The van der Waals surface area contributed by atoms with E-state index in [9.17, 15) is 9.59 Å². The molecule has 3 heterocycles. The number of ether oxygens (including phenoxy) is 1. The molecule has 0 saturated heterocycles. The molecule has 0 radical (unpaired) electrons. The summed E-state index contributed by atoms with van der Waals surface area (Å²) in [5.41, 5.74) is 1.97. The van der Waals surface area contributed by atoms with Crippen LogP contribution in [0.5, 0.6) is 5.75 Å². The van der Waals surface area contributed by atoms with Crippen LogP contribution in [-0.2, 0) is 17.9 Å². The summed E-state index contributed by atoms with van der Waals surface area (Å²) in [6.45, 7) is 0.971. The Morgan fingerprint density at radius 3 is 2.81 bits per heavy atom. The number of carbonyl (C=O) groups is 2. The van der Waals surface area contributed by atoms with Gasteiger partial charge in [-0.1, -0.05) is 18.2 Å². The Labute approximate surface area is 185 Å². The quantitative estimate of drug-likeness (QED) is 0.630. The van der Waals surface area contributed by atoms with Crippen LogP contribution in [0.3, 0.4) is 0 Å². The molecule has 10 nitrogen and oxygen atoms in total. The second-order valence-electron chi connectivity index (χ2n) is 8.21. The molecule has 0 bridgehead atoms. The fourth-order valence-corrected chi connectivity index (χ4v) is 4.00. The molecule has 2 aromatic heterocycles. The molecular formula is C22H25N7O3. The lowest BCUT2D eigenvalue weighted by Gasteiger charge is -2.19. The van der Waals surface area contributed by atoms with E-state index in [1.807, 2.05) is 35.0 Å². The van der Waals surface area contributed by atoms with E-state index >= 15 is 0 Å². The first kappa shape index (κ1) is 20.2. The molecule has 10 heteroatoms. The number of nitrogens with zero attached hydrogens (tertiary/aromatic N) is 6. The maximum absolute atomic E-state index is 13.0. The van der Waals surface area contributed by atoms with Crippen LogP contribution in [0.4, 0.5) is 5.82 Å². The molecular weight excluding hydrogens is 410 g/mol. The fraction of sp³-hybridized carbons (Fsp3) is 0.409. The van der Waals surface area contributed by atoms with E-state index in [4.69, 9.17) is 4.74 Å². The number of rotatable bonds is 6. The van der Waals surface area contributed by atoms with E-state index in [1.54, 1.807) is 23.7 Å². The van der Waals surface area contributed by atoms with Gasteiger partial charge in [-0.05, 0) is 25.3 Å². The standard InChI is InChI=1S/C22H25N7O3/c1-27-19-11-17(14-7-8-14)25-29(19)10-9-16(22(27)31)24-21(30)20-23-13-28(26-20)12-15-5-3-4-6-18(15)32-2/h3-6,11,13-14,16H,7-10,12H2,1-2H3,(H,24,30)/t16-/m0/s1. The van der Waals surface area contributed by atoms with Crippen molar-refractivity contribution in [2.24, 2.45) is 0 Å². The molecule has 1 aliphatic carbocycles. The van der Waals surface area contributed by atoms with Crippen LogP contribution in [0, 0.1) is 0 Å². The molecule has 1 N–H and O–H groups in total. The molecule has 1 fully saturated rings. The van der Waals surface area contributed by atoms with Crippen molar-refractivity contribution < 1.29 is 14.3 Å². The van der Waals surface area contributed by atoms with Gasteiger partial charge >= 0.3 is 0 Å². The minimum Gasteiger partial charge on any atom is -0.496 e. The van der Waals surface area contributed by atoms with Gasteiger partial charge in [-0.3, -0.25) is 14.5 Å². The topological polar surface area (TPSA) is 107 Å². The molecule has 1 aliphatic heterocycles. The summed E-state index contributed by atoms with van der Waals surface area (Å²) < 4.78 is 8.79. The van der Waals surface area contributed by atoms with Crippen molar-refractivity contribution in [3.8, 4) is 5.75 Å². The van der Waals surface area contributed by atoms with Crippen LogP contribution < -0.4 is 15.0 Å². The van der Waals surface area contributed by atoms with Gasteiger partial charge in [-0.2, -0.15) is 5.10 Å². The van der Waals surface area contributed by atoms with Crippen LogP contribution in [-0.4, -0.2) is 56.6 Å². The first-order valence-electron chi connectivity index (χ1n) is 10.7. The maximum atomic E-state index is 13.0. The lowest BCUT2D eigenvalue weighted by molar-refractivity contribution is -0.120. The fourth-order valence-electron chi connectivity index (χ4n) is 4.00. The summed E-state index contributed by atoms with van der Waals surface area (Å²) >= 11 is 0. The number of nitrogens with one attached hydrogen (secondary N) is 1. The average Bonchev–Trinajstić information content (AvgIpc) is 3.42. The number of amides is 2. The first-order valence-corrected chi connectivity index (χ1v) is 10.7. The Morgan fingerprint density at radius 1 is 1.22 bits per heavy atom. The van der Waals surface area contributed by atoms with Gasteiger partial charge in [0, 0.05) is 31.1 Å². The number of fused-ring (bicyclic) bond motifs is 1. The second kappa shape index (κ2) is 8.10. The Hall–Kier alpha value is -3.69. The molecule has 0 spiro atoms. The normalized spacial score (nSPS) is 18.2. The number of hydrogen-bond donors (Lipinski definition) is 1. The summed E-state index contributed by atoms with van der Waals surface area (Å²) in [6.07, 6.45) is 4.26. The number of anilines is 1. The third-order valence-electron chi connectivity index (χ3n) is 5.94. The van der Waals surface area contributed by atoms with Gasteiger partial charge in [-0.25, -0.2) is 14.3 Å². The predicted molar refractivity (Wildman–Crippen MR) is 116 cm³/mol. The molecule has 0 unspecified atom stereocenters. The van der Waals surface area contributed by atoms with Gasteiger partial charge in [0.2, 0.25) is 5.82 Å². The summed E-state index contributed by atoms with van der Waals surface area (Å²) in [7, 11) is 3.33. The predicted octanol–water partition coefficient (Wildman–Crippen LogP) is 1.57. The highest BCUT2D eigenvalue weighted by Crippen LogP contribution is 2.40. The minimum atomic E-state index is -0.667. The molecule has 166 valence electrons. The summed E-state index contributed by atoms with van der Waals surface area (Å²) in [5, 5.41) is 11.7. The van der Waals surface area contributed by atoms with Crippen molar-refractivity contribution >= 4 is 17.6 Å². The van der Waals surface area contributed by atoms with Crippen molar-refractivity contribution in [2.45, 2.75) is 44.3 Å². The van der Waals surface area contributed by atoms with Crippen molar-refractivity contribution in [3.05, 3.63) is 53.7 Å². The molecule has 1 atom stereocenters.